The normalized spacial score (nSPS) is 12.8. The van der Waals surface area contributed by atoms with Crippen molar-refractivity contribution in [3.8, 4) is 17.2 Å². The molecule has 2 aromatic carbocycles. The SMILES string of the molecule is CN=C(NCCc1ccc2c(c1)OCO2)NCCc1ccn(-c2ccc(F)cc2)n1. The van der Waals surface area contributed by atoms with Crippen molar-refractivity contribution in [1.29, 1.82) is 0 Å². The van der Waals surface area contributed by atoms with Crippen molar-refractivity contribution in [3.05, 3.63) is 71.8 Å². The maximum absolute atomic E-state index is 13.1. The van der Waals surface area contributed by atoms with Gasteiger partial charge in [-0.15, -0.1) is 0 Å². The summed E-state index contributed by atoms with van der Waals surface area (Å²) < 4.78 is 25.6. The first-order chi connectivity index (χ1) is 14.7. The van der Waals surface area contributed by atoms with Gasteiger partial charge in [-0.3, -0.25) is 4.99 Å². The van der Waals surface area contributed by atoms with Crippen LogP contribution in [0.2, 0.25) is 0 Å². The molecule has 0 unspecified atom stereocenters. The van der Waals surface area contributed by atoms with E-state index in [0.29, 0.717) is 6.54 Å². The van der Waals surface area contributed by atoms with Crippen LogP contribution in [0.5, 0.6) is 11.5 Å². The van der Waals surface area contributed by atoms with Crippen LogP contribution in [0.3, 0.4) is 0 Å². The number of halogens is 1. The molecule has 30 heavy (non-hydrogen) atoms. The van der Waals surface area contributed by atoms with Gasteiger partial charge >= 0.3 is 0 Å². The number of benzene rings is 2. The topological polar surface area (TPSA) is 72.7 Å². The molecule has 1 aromatic heterocycles. The number of fused-ring (bicyclic) bond motifs is 1. The Bertz CT molecular complexity index is 1020. The van der Waals surface area contributed by atoms with Crippen LogP contribution in [-0.2, 0) is 12.8 Å². The molecule has 0 aliphatic carbocycles. The summed E-state index contributed by atoms with van der Waals surface area (Å²) >= 11 is 0. The third kappa shape index (κ3) is 4.89. The van der Waals surface area contributed by atoms with Crippen LogP contribution in [0.25, 0.3) is 5.69 Å². The summed E-state index contributed by atoms with van der Waals surface area (Å²) in [5.74, 6) is 2.09. The zero-order valence-corrected chi connectivity index (χ0v) is 16.8. The highest BCUT2D eigenvalue weighted by Gasteiger charge is 2.13. The van der Waals surface area contributed by atoms with Crippen molar-refractivity contribution >= 4 is 5.96 Å². The summed E-state index contributed by atoms with van der Waals surface area (Å²) in [7, 11) is 1.75. The van der Waals surface area contributed by atoms with Crippen molar-refractivity contribution < 1.29 is 13.9 Å². The molecule has 156 valence electrons. The lowest BCUT2D eigenvalue weighted by atomic mass is 10.1. The quantitative estimate of drug-likeness (QED) is 0.464. The van der Waals surface area contributed by atoms with E-state index in [4.69, 9.17) is 9.47 Å². The van der Waals surface area contributed by atoms with E-state index in [1.165, 1.54) is 17.7 Å². The number of hydrogen-bond donors (Lipinski definition) is 2. The fraction of sp³-hybridized carbons (Fsp3) is 0.273. The first-order valence-electron chi connectivity index (χ1n) is 9.85. The van der Waals surface area contributed by atoms with Crippen LogP contribution in [-0.4, -0.2) is 42.7 Å². The minimum atomic E-state index is -0.257. The van der Waals surface area contributed by atoms with Gasteiger partial charge in [0.15, 0.2) is 17.5 Å². The number of aliphatic imine (C=N–C) groups is 1. The smallest absolute Gasteiger partial charge is 0.231 e. The molecular weight excluding hydrogens is 385 g/mol. The highest BCUT2D eigenvalue weighted by Crippen LogP contribution is 2.32. The molecule has 4 rings (SSSR count). The van der Waals surface area contributed by atoms with E-state index in [-0.39, 0.29) is 12.6 Å². The average molecular weight is 409 g/mol. The van der Waals surface area contributed by atoms with E-state index in [1.807, 2.05) is 30.5 Å². The number of aromatic nitrogens is 2. The van der Waals surface area contributed by atoms with Gasteiger partial charge in [0.1, 0.15) is 5.82 Å². The highest BCUT2D eigenvalue weighted by atomic mass is 19.1. The molecular formula is C22H24FN5O2. The molecule has 0 spiro atoms. The van der Waals surface area contributed by atoms with Gasteiger partial charge in [-0.1, -0.05) is 6.07 Å². The van der Waals surface area contributed by atoms with Gasteiger partial charge in [-0.25, -0.2) is 9.07 Å². The average Bonchev–Trinajstić information content (AvgIpc) is 3.42. The van der Waals surface area contributed by atoms with Gasteiger partial charge in [-0.2, -0.15) is 5.10 Å². The zero-order valence-electron chi connectivity index (χ0n) is 16.8. The van der Waals surface area contributed by atoms with E-state index in [9.17, 15) is 4.39 Å². The van der Waals surface area contributed by atoms with Crippen LogP contribution >= 0.6 is 0 Å². The zero-order chi connectivity index (χ0) is 20.8. The molecule has 1 aliphatic heterocycles. The summed E-state index contributed by atoms with van der Waals surface area (Å²) in [6.07, 6.45) is 3.47. The predicted octanol–water partition coefficient (Wildman–Crippen LogP) is 2.69. The molecule has 2 N–H and O–H groups in total. The van der Waals surface area contributed by atoms with Gasteiger partial charge in [0, 0.05) is 32.8 Å². The Labute approximate surface area is 174 Å². The number of ether oxygens (including phenoxy) is 2. The Morgan fingerprint density at radius 3 is 2.60 bits per heavy atom. The van der Waals surface area contributed by atoms with E-state index >= 15 is 0 Å². The molecule has 0 amide bonds. The van der Waals surface area contributed by atoms with Crippen molar-refractivity contribution in [1.82, 2.24) is 20.4 Å². The molecule has 0 bridgehead atoms. The summed E-state index contributed by atoms with van der Waals surface area (Å²) in [4.78, 5) is 4.26. The Morgan fingerprint density at radius 2 is 1.80 bits per heavy atom. The van der Waals surface area contributed by atoms with E-state index in [2.05, 4.69) is 20.7 Å². The first kappa shape index (κ1) is 19.8. The fourth-order valence-electron chi connectivity index (χ4n) is 3.18. The summed E-state index contributed by atoms with van der Waals surface area (Å²) in [5.41, 5.74) is 2.95. The van der Waals surface area contributed by atoms with Crippen LogP contribution < -0.4 is 20.1 Å². The van der Waals surface area contributed by atoms with Crippen molar-refractivity contribution in [3.63, 3.8) is 0 Å². The van der Waals surface area contributed by atoms with Crippen molar-refractivity contribution in [2.24, 2.45) is 4.99 Å². The number of nitrogens with one attached hydrogen (secondary N) is 2. The Hall–Kier alpha value is -3.55. The minimum Gasteiger partial charge on any atom is -0.454 e. The molecule has 1 aliphatic rings. The molecule has 7 nitrogen and oxygen atoms in total. The van der Waals surface area contributed by atoms with Gasteiger partial charge in [-0.05, 0) is 54.4 Å². The predicted molar refractivity (Wildman–Crippen MR) is 113 cm³/mol. The molecule has 8 heteroatoms. The monoisotopic (exact) mass is 409 g/mol. The Morgan fingerprint density at radius 1 is 1.03 bits per heavy atom. The second-order valence-electron chi connectivity index (χ2n) is 6.84. The highest BCUT2D eigenvalue weighted by molar-refractivity contribution is 5.79. The summed E-state index contributed by atoms with van der Waals surface area (Å²) in [6, 6.07) is 14.2. The third-order valence-electron chi connectivity index (χ3n) is 4.78. The number of rotatable bonds is 7. The maximum atomic E-state index is 13.1. The number of guanidine groups is 1. The second-order valence-corrected chi connectivity index (χ2v) is 6.84. The minimum absolute atomic E-state index is 0.257. The standard InChI is InChI=1S/C22H24FN5O2/c1-24-22(25-11-8-16-2-7-20-21(14-16)30-15-29-20)26-12-9-18-10-13-28(27-18)19-5-3-17(23)4-6-19/h2-7,10,13-14H,8-9,11-12,15H2,1H3,(H2,24,25,26). The molecule has 0 radical (unpaired) electrons. The lowest BCUT2D eigenvalue weighted by Crippen LogP contribution is -2.39. The van der Waals surface area contributed by atoms with Gasteiger partial charge in [0.2, 0.25) is 6.79 Å². The van der Waals surface area contributed by atoms with Crippen LogP contribution in [0.15, 0.2) is 59.7 Å². The second kappa shape index (κ2) is 9.30. The fourth-order valence-corrected chi connectivity index (χ4v) is 3.18. The molecule has 2 heterocycles. The van der Waals surface area contributed by atoms with E-state index in [1.54, 1.807) is 23.9 Å². The van der Waals surface area contributed by atoms with Gasteiger partial charge in [0.05, 0.1) is 11.4 Å². The molecule has 0 saturated carbocycles. The van der Waals surface area contributed by atoms with Gasteiger partial charge in [0.25, 0.3) is 0 Å². The molecule has 0 fully saturated rings. The lowest BCUT2D eigenvalue weighted by molar-refractivity contribution is 0.174. The van der Waals surface area contributed by atoms with Crippen LogP contribution in [0, 0.1) is 5.82 Å². The summed E-state index contributed by atoms with van der Waals surface area (Å²) in [6.45, 7) is 1.73. The summed E-state index contributed by atoms with van der Waals surface area (Å²) in [5, 5.41) is 11.1. The number of nitrogens with zero attached hydrogens (tertiary/aromatic N) is 3. The van der Waals surface area contributed by atoms with Crippen molar-refractivity contribution in [2.75, 3.05) is 26.9 Å². The largest absolute Gasteiger partial charge is 0.454 e. The molecule has 0 saturated heterocycles. The Balaban J connectivity index is 1.21. The van der Waals surface area contributed by atoms with Crippen molar-refractivity contribution in [2.45, 2.75) is 12.8 Å². The van der Waals surface area contributed by atoms with E-state index in [0.717, 1.165) is 48.2 Å². The maximum Gasteiger partial charge on any atom is 0.231 e. The Kier molecular flexibility index (Phi) is 6.12. The molecule has 0 atom stereocenters. The van der Waals surface area contributed by atoms with Gasteiger partial charge < -0.3 is 20.1 Å². The van der Waals surface area contributed by atoms with E-state index < -0.39 is 0 Å². The number of hydrogen-bond acceptors (Lipinski definition) is 4. The molecule has 3 aromatic rings. The third-order valence-corrected chi connectivity index (χ3v) is 4.78. The van der Waals surface area contributed by atoms with Crippen LogP contribution in [0.1, 0.15) is 11.3 Å². The van der Waals surface area contributed by atoms with Crippen LogP contribution in [0.4, 0.5) is 4.39 Å². The first-order valence-corrected chi connectivity index (χ1v) is 9.85. The lowest BCUT2D eigenvalue weighted by Gasteiger charge is -2.11.